The van der Waals surface area contributed by atoms with E-state index in [4.69, 9.17) is 23.8 Å². The third kappa shape index (κ3) is 5.88. The number of aliphatic hydroxyl groups is 1. The SMILES string of the molecule is CN(C(=O)C12CC3OC(=O)C1N(Cc1ccccc1C=CC1CCC4OC4C1)OC2C1OCOC31)C(Cc1ccccc1)C(=O)NCCO. The van der Waals surface area contributed by atoms with Crippen molar-refractivity contribution in [3.05, 3.63) is 77.4 Å². The van der Waals surface area contributed by atoms with Crippen LogP contribution in [0.3, 0.4) is 0 Å². The zero-order valence-corrected chi connectivity index (χ0v) is 27.5. The first-order valence-corrected chi connectivity index (χ1v) is 17.4. The number of fused-ring (bicyclic) bond motifs is 5. The topological polar surface area (TPSA) is 139 Å². The van der Waals surface area contributed by atoms with Gasteiger partial charge in [0.1, 0.15) is 42.7 Å². The number of esters is 1. The number of nitrogens with one attached hydrogen (secondary N) is 1. The van der Waals surface area contributed by atoms with Gasteiger partial charge >= 0.3 is 5.97 Å². The van der Waals surface area contributed by atoms with Gasteiger partial charge in [0, 0.05) is 26.4 Å². The second-order valence-corrected chi connectivity index (χ2v) is 14.1. The molecule has 10 unspecified atom stereocenters. The van der Waals surface area contributed by atoms with Crippen LogP contribution < -0.4 is 5.32 Å². The molecule has 2 amide bonds. The van der Waals surface area contributed by atoms with E-state index in [1.165, 1.54) is 4.90 Å². The van der Waals surface area contributed by atoms with Crippen LogP contribution in [0.15, 0.2) is 60.7 Å². The molecule has 2 aromatic carbocycles. The number of amides is 2. The molecule has 4 heterocycles. The molecule has 8 rings (SSSR count). The summed E-state index contributed by atoms with van der Waals surface area (Å²) in [6.07, 6.45) is 6.05. The normalized spacial score (nSPS) is 34.9. The molecule has 6 aliphatic rings. The minimum Gasteiger partial charge on any atom is -0.458 e. The lowest BCUT2D eigenvalue weighted by atomic mass is 9.62. The number of hydrogen-bond donors (Lipinski definition) is 2. The zero-order chi connectivity index (χ0) is 33.7. The van der Waals surface area contributed by atoms with Gasteiger partial charge in [0.15, 0.2) is 6.04 Å². The van der Waals surface area contributed by atoms with Crippen molar-refractivity contribution in [1.29, 1.82) is 0 Å². The second-order valence-electron chi connectivity index (χ2n) is 14.1. The highest BCUT2D eigenvalue weighted by atomic mass is 16.8. The lowest BCUT2D eigenvalue weighted by Crippen LogP contribution is -2.70. The molecule has 12 nitrogen and oxygen atoms in total. The Morgan fingerprint density at radius 2 is 1.86 bits per heavy atom. The molecule has 49 heavy (non-hydrogen) atoms. The van der Waals surface area contributed by atoms with E-state index >= 15 is 4.79 Å². The number of carbonyl (C=O) groups is 3. The van der Waals surface area contributed by atoms with Crippen molar-refractivity contribution in [2.45, 2.75) is 87.4 Å². The summed E-state index contributed by atoms with van der Waals surface area (Å²) < 4.78 is 23.6. The maximum Gasteiger partial charge on any atom is 0.327 e. The van der Waals surface area contributed by atoms with Gasteiger partial charge in [0.25, 0.3) is 0 Å². The monoisotopic (exact) mass is 673 g/mol. The van der Waals surface area contributed by atoms with E-state index in [2.05, 4.69) is 17.5 Å². The predicted octanol–water partition coefficient (Wildman–Crippen LogP) is 1.99. The van der Waals surface area contributed by atoms with Crippen LogP contribution in [0.4, 0.5) is 0 Å². The molecule has 2 N–H and O–H groups in total. The van der Waals surface area contributed by atoms with Gasteiger partial charge in [-0.2, -0.15) is 5.06 Å². The Morgan fingerprint density at radius 3 is 2.67 bits per heavy atom. The Hall–Kier alpha value is -3.65. The Balaban J connectivity index is 1.11. The fourth-order valence-corrected chi connectivity index (χ4v) is 8.68. The van der Waals surface area contributed by atoms with Gasteiger partial charge in [-0.25, -0.2) is 0 Å². The van der Waals surface area contributed by atoms with Crippen LogP contribution in [-0.4, -0.2) is 109 Å². The Labute approximate surface area is 285 Å². The van der Waals surface area contributed by atoms with Gasteiger partial charge in [-0.15, -0.1) is 0 Å². The van der Waals surface area contributed by atoms with Crippen molar-refractivity contribution in [3.63, 3.8) is 0 Å². The lowest BCUT2D eigenvalue weighted by molar-refractivity contribution is -0.204. The fourth-order valence-electron chi connectivity index (χ4n) is 8.68. The molecule has 2 bridgehead atoms. The molecule has 2 saturated carbocycles. The smallest absolute Gasteiger partial charge is 0.327 e. The lowest BCUT2D eigenvalue weighted by Gasteiger charge is -2.50. The Kier molecular flexibility index (Phi) is 8.79. The maximum absolute atomic E-state index is 15.1. The van der Waals surface area contributed by atoms with E-state index in [0.717, 1.165) is 36.0 Å². The van der Waals surface area contributed by atoms with Crippen LogP contribution in [0.25, 0.3) is 6.08 Å². The highest BCUT2D eigenvalue weighted by Crippen LogP contribution is 2.56. The predicted molar refractivity (Wildman–Crippen MR) is 174 cm³/mol. The summed E-state index contributed by atoms with van der Waals surface area (Å²) in [5.41, 5.74) is 1.40. The summed E-state index contributed by atoms with van der Waals surface area (Å²) in [6.45, 7) is 0.0300. The van der Waals surface area contributed by atoms with E-state index < -0.39 is 59.7 Å². The third-order valence-electron chi connectivity index (χ3n) is 11.2. The minimum atomic E-state index is -1.40. The quantitative estimate of drug-likeness (QED) is 0.269. The molecular formula is C37H43N3O9. The number of benzene rings is 2. The molecule has 260 valence electrons. The molecule has 2 aliphatic carbocycles. The van der Waals surface area contributed by atoms with Gasteiger partial charge < -0.3 is 34.3 Å². The third-order valence-corrected chi connectivity index (χ3v) is 11.2. The van der Waals surface area contributed by atoms with Gasteiger partial charge in [-0.05, 0) is 41.9 Å². The maximum atomic E-state index is 15.1. The largest absolute Gasteiger partial charge is 0.458 e. The molecule has 4 aliphatic heterocycles. The number of epoxide rings is 1. The molecule has 12 heteroatoms. The molecule has 10 atom stereocenters. The van der Waals surface area contributed by atoms with Crippen LogP contribution in [0.2, 0.25) is 0 Å². The summed E-state index contributed by atoms with van der Waals surface area (Å²) >= 11 is 0. The molecule has 0 spiro atoms. The first-order valence-electron chi connectivity index (χ1n) is 17.4. The molecule has 0 radical (unpaired) electrons. The van der Waals surface area contributed by atoms with Crippen LogP contribution in [0.5, 0.6) is 0 Å². The standard InChI is InChI=1S/C37H43N3O9/c1-39(26(34(42)38-15-16-41)17-22-7-3-2-4-8-22)36(44)37-19-29-30-31(46-21-45-30)33(37)49-40(32(37)35(43)48-29)20-25-10-6-5-9-24(25)13-11-23-12-14-27-28(18-23)47-27/h2-11,13,23,26-33,41H,12,14-21H2,1H3,(H,38,42). The number of likely N-dealkylation sites (N-methyl/N-ethyl adjacent to an activating group) is 1. The summed E-state index contributed by atoms with van der Waals surface area (Å²) in [5.74, 6) is -0.916. The fraction of sp³-hybridized carbons (Fsp3) is 0.541. The summed E-state index contributed by atoms with van der Waals surface area (Å²) in [6, 6.07) is 15.4. The van der Waals surface area contributed by atoms with Crippen molar-refractivity contribution in [2.75, 3.05) is 27.0 Å². The van der Waals surface area contributed by atoms with E-state index in [1.807, 2.05) is 54.6 Å². The first-order chi connectivity index (χ1) is 23.9. The average Bonchev–Trinajstić information content (AvgIpc) is 3.55. The van der Waals surface area contributed by atoms with Crippen LogP contribution in [0, 0.1) is 11.3 Å². The number of carbonyl (C=O) groups excluding carboxylic acids is 3. The van der Waals surface area contributed by atoms with E-state index in [1.54, 1.807) is 12.1 Å². The van der Waals surface area contributed by atoms with Gasteiger partial charge in [0.2, 0.25) is 11.8 Å². The van der Waals surface area contributed by atoms with Crippen molar-refractivity contribution in [3.8, 4) is 0 Å². The van der Waals surface area contributed by atoms with Crippen LogP contribution >= 0.6 is 0 Å². The van der Waals surface area contributed by atoms with E-state index in [9.17, 15) is 14.7 Å². The number of ether oxygens (including phenoxy) is 4. The number of aliphatic hydroxyl groups excluding tert-OH is 1. The number of hydroxylamine groups is 2. The van der Waals surface area contributed by atoms with Gasteiger partial charge in [-0.3, -0.25) is 19.2 Å². The number of nitrogens with zero attached hydrogens (tertiary/aromatic N) is 2. The Morgan fingerprint density at radius 1 is 1.06 bits per heavy atom. The second kappa shape index (κ2) is 13.2. The first kappa shape index (κ1) is 32.5. The number of rotatable bonds is 11. The molecule has 0 aromatic heterocycles. The minimum absolute atomic E-state index is 0.00431. The average molecular weight is 674 g/mol. The van der Waals surface area contributed by atoms with Gasteiger partial charge in [-0.1, -0.05) is 66.7 Å². The summed E-state index contributed by atoms with van der Waals surface area (Å²) in [5, 5.41) is 13.8. The molecule has 4 saturated heterocycles. The van der Waals surface area contributed by atoms with Crippen LogP contribution in [0.1, 0.15) is 42.4 Å². The summed E-state index contributed by atoms with van der Waals surface area (Å²) in [4.78, 5) is 50.8. The van der Waals surface area contributed by atoms with Crippen molar-refractivity contribution < 1.29 is 43.3 Å². The zero-order valence-electron chi connectivity index (χ0n) is 27.5. The van der Waals surface area contributed by atoms with Crippen molar-refractivity contribution in [2.24, 2.45) is 11.3 Å². The molecular weight excluding hydrogens is 630 g/mol. The van der Waals surface area contributed by atoms with Gasteiger partial charge in [0.05, 0.1) is 25.4 Å². The highest BCUT2D eigenvalue weighted by Gasteiger charge is 2.75. The molecule has 2 aromatic rings. The van der Waals surface area contributed by atoms with Crippen molar-refractivity contribution in [1.82, 2.24) is 15.3 Å². The van der Waals surface area contributed by atoms with E-state index in [-0.39, 0.29) is 39.3 Å². The number of allylic oxidation sites excluding steroid dienone is 1. The number of hydrogen-bond acceptors (Lipinski definition) is 10. The van der Waals surface area contributed by atoms with Crippen molar-refractivity contribution >= 4 is 23.9 Å². The summed E-state index contributed by atoms with van der Waals surface area (Å²) in [7, 11) is 1.60. The van der Waals surface area contributed by atoms with E-state index in [0.29, 0.717) is 18.1 Å². The van der Waals surface area contributed by atoms with Crippen LogP contribution in [-0.2, 0) is 51.1 Å². The Bertz CT molecular complexity index is 1600. The highest BCUT2D eigenvalue weighted by molar-refractivity contribution is 5.96. The molecule has 6 fully saturated rings.